The monoisotopic (exact) mass is 332 g/mol. The van der Waals surface area contributed by atoms with Crippen LogP contribution < -0.4 is 16.6 Å². The number of nitrogens with two attached hydrogens (primary N) is 1. The number of hydrazine groups is 1. The molecule has 0 aliphatic heterocycles. The van der Waals surface area contributed by atoms with E-state index in [0.29, 0.717) is 16.8 Å². The standard InChI is InChI=1S/C19H16N4O2/c20-17-3-1-2-16(12-17)19(25)23-22-18(24)15-6-4-13(5-7-15)14-8-10-21-11-9-14/h1-12H,20H2,(H,22,24)(H,23,25). The molecule has 1 aromatic heterocycles. The van der Waals surface area contributed by atoms with Crippen LogP contribution in [0.1, 0.15) is 20.7 Å². The summed E-state index contributed by atoms with van der Waals surface area (Å²) in [6.45, 7) is 0. The van der Waals surface area contributed by atoms with E-state index in [1.165, 1.54) is 6.07 Å². The van der Waals surface area contributed by atoms with Gasteiger partial charge in [-0.1, -0.05) is 18.2 Å². The molecule has 6 nitrogen and oxygen atoms in total. The Bertz CT molecular complexity index is 893. The predicted molar refractivity (Wildman–Crippen MR) is 95.5 cm³/mol. The Balaban J connectivity index is 1.63. The molecule has 0 saturated heterocycles. The van der Waals surface area contributed by atoms with E-state index in [2.05, 4.69) is 15.8 Å². The van der Waals surface area contributed by atoms with Crippen molar-refractivity contribution < 1.29 is 9.59 Å². The Hall–Kier alpha value is -3.67. The number of nitrogens with zero attached hydrogens (tertiary/aromatic N) is 1. The second kappa shape index (κ2) is 7.27. The van der Waals surface area contributed by atoms with Gasteiger partial charge in [0.2, 0.25) is 0 Å². The van der Waals surface area contributed by atoms with Gasteiger partial charge in [0.15, 0.2) is 0 Å². The van der Waals surface area contributed by atoms with Gasteiger partial charge in [0, 0.05) is 29.2 Å². The second-order valence-electron chi connectivity index (χ2n) is 5.35. The van der Waals surface area contributed by atoms with Crippen molar-refractivity contribution in [3.63, 3.8) is 0 Å². The van der Waals surface area contributed by atoms with Crippen LogP contribution in [-0.4, -0.2) is 16.8 Å². The van der Waals surface area contributed by atoms with Gasteiger partial charge in [-0.05, 0) is 53.6 Å². The first-order valence-electron chi connectivity index (χ1n) is 7.60. The lowest BCUT2D eigenvalue weighted by Crippen LogP contribution is -2.41. The molecule has 0 atom stereocenters. The lowest BCUT2D eigenvalue weighted by Gasteiger charge is -2.08. The van der Waals surface area contributed by atoms with Gasteiger partial charge in [-0.3, -0.25) is 25.4 Å². The largest absolute Gasteiger partial charge is 0.399 e. The molecule has 2 aromatic carbocycles. The highest BCUT2D eigenvalue weighted by Gasteiger charge is 2.09. The van der Waals surface area contributed by atoms with E-state index in [1.54, 1.807) is 42.7 Å². The Morgan fingerprint density at radius 3 is 2.00 bits per heavy atom. The van der Waals surface area contributed by atoms with E-state index in [9.17, 15) is 9.59 Å². The third-order valence-corrected chi connectivity index (χ3v) is 3.60. The Labute approximate surface area is 144 Å². The number of nitrogen functional groups attached to an aromatic ring is 1. The van der Waals surface area contributed by atoms with Crippen molar-refractivity contribution in [1.29, 1.82) is 0 Å². The number of benzene rings is 2. The van der Waals surface area contributed by atoms with E-state index in [1.807, 2.05) is 24.3 Å². The van der Waals surface area contributed by atoms with Crippen molar-refractivity contribution in [2.45, 2.75) is 0 Å². The molecule has 0 bridgehead atoms. The highest BCUT2D eigenvalue weighted by atomic mass is 16.2. The minimum Gasteiger partial charge on any atom is -0.399 e. The quantitative estimate of drug-likeness (QED) is 0.507. The number of carbonyl (C=O) groups is 2. The first-order valence-corrected chi connectivity index (χ1v) is 7.60. The van der Waals surface area contributed by atoms with Gasteiger partial charge in [0.1, 0.15) is 0 Å². The predicted octanol–water partition coefficient (Wildman–Crippen LogP) is 2.41. The number of pyridine rings is 1. The smallest absolute Gasteiger partial charge is 0.269 e. The third kappa shape index (κ3) is 4.00. The maximum atomic E-state index is 12.1. The van der Waals surface area contributed by atoms with Crippen molar-refractivity contribution >= 4 is 17.5 Å². The number of hydrogen-bond donors (Lipinski definition) is 3. The molecule has 3 aromatic rings. The second-order valence-corrected chi connectivity index (χ2v) is 5.35. The van der Waals surface area contributed by atoms with Crippen molar-refractivity contribution in [1.82, 2.24) is 15.8 Å². The average molecular weight is 332 g/mol. The number of rotatable bonds is 3. The molecule has 0 saturated carbocycles. The molecule has 124 valence electrons. The molecule has 1 heterocycles. The molecule has 3 rings (SSSR count). The minimum absolute atomic E-state index is 0.369. The van der Waals surface area contributed by atoms with Crippen molar-refractivity contribution in [3.8, 4) is 11.1 Å². The number of carbonyl (C=O) groups excluding carboxylic acids is 2. The number of amides is 2. The summed E-state index contributed by atoms with van der Waals surface area (Å²) < 4.78 is 0. The zero-order valence-electron chi connectivity index (χ0n) is 13.3. The van der Waals surface area contributed by atoms with Crippen LogP contribution in [0.4, 0.5) is 5.69 Å². The zero-order valence-corrected chi connectivity index (χ0v) is 13.3. The lowest BCUT2D eigenvalue weighted by molar-refractivity contribution is 0.0846. The van der Waals surface area contributed by atoms with Gasteiger partial charge in [-0.2, -0.15) is 0 Å². The minimum atomic E-state index is -0.436. The van der Waals surface area contributed by atoms with Gasteiger partial charge < -0.3 is 5.73 Å². The molecule has 0 aliphatic rings. The summed E-state index contributed by atoms with van der Waals surface area (Å²) in [5.74, 6) is -0.840. The SMILES string of the molecule is Nc1cccc(C(=O)NNC(=O)c2ccc(-c3ccncc3)cc2)c1. The van der Waals surface area contributed by atoms with Crippen LogP contribution >= 0.6 is 0 Å². The number of anilines is 1. The van der Waals surface area contributed by atoms with Gasteiger partial charge in [-0.15, -0.1) is 0 Å². The fraction of sp³-hybridized carbons (Fsp3) is 0. The summed E-state index contributed by atoms with van der Waals surface area (Å²) in [4.78, 5) is 28.1. The topological polar surface area (TPSA) is 97.1 Å². The molecule has 6 heteroatoms. The number of hydrogen-bond acceptors (Lipinski definition) is 4. The first kappa shape index (κ1) is 16.2. The van der Waals surface area contributed by atoms with Gasteiger partial charge in [0.05, 0.1) is 0 Å². The molecule has 25 heavy (non-hydrogen) atoms. The normalized spacial score (nSPS) is 10.1. The fourth-order valence-corrected chi connectivity index (χ4v) is 2.30. The van der Waals surface area contributed by atoms with Crippen LogP contribution in [0.5, 0.6) is 0 Å². The van der Waals surface area contributed by atoms with E-state index < -0.39 is 11.8 Å². The summed E-state index contributed by atoms with van der Waals surface area (Å²) in [6, 6.07) is 17.3. The van der Waals surface area contributed by atoms with Crippen LogP contribution in [0, 0.1) is 0 Å². The van der Waals surface area contributed by atoms with Crippen molar-refractivity contribution in [2.24, 2.45) is 0 Å². The average Bonchev–Trinajstić information content (AvgIpc) is 2.66. The lowest BCUT2D eigenvalue weighted by atomic mass is 10.1. The van der Waals surface area contributed by atoms with Gasteiger partial charge in [0.25, 0.3) is 11.8 Å². The van der Waals surface area contributed by atoms with Crippen LogP contribution in [-0.2, 0) is 0 Å². The van der Waals surface area contributed by atoms with Crippen LogP contribution in [0.25, 0.3) is 11.1 Å². The Kier molecular flexibility index (Phi) is 4.71. The molecule has 2 amide bonds. The third-order valence-electron chi connectivity index (χ3n) is 3.60. The molecule has 0 aliphatic carbocycles. The van der Waals surface area contributed by atoms with Crippen LogP contribution in [0.3, 0.4) is 0 Å². The summed E-state index contributed by atoms with van der Waals surface area (Å²) in [6.07, 6.45) is 3.42. The highest BCUT2D eigenvalue weighted by molar-refractivity contribution is 5.99. The zero-order chi connectivity index (χ0) is 17.6. The Morgan fingerprint density at radius 1 is 0.760 bits per heavy atom. The van der Waals surface area contributed by atoms with E-state index in [0.717, 1.165) is 11.1 Å². The molecular weight excluding hydrogens is 316 g/mol. The molecule has 0 spiro atoms. The van der Waals surface area contributed by atoms with E-state index in [4.69, 9.17) is 5.73 Å². The van der Waals surface area contributed by atoms with Crippen LogP contribution in [0.15, 0.2) is 73.1 Å². The van der Waals surface area contributed by atoms with E-state index >= 15 is 0 Å². The summed E-state index contributed by atoms with van der Waals surface area (Å²) >= 11 is 0. The molecule has 4 N–H and O–H groups in total. The van der Waals surface area contributed by atoms with Gasteiger partial charge in [-0.25, -0.2) is 0 Å². The molecule has 0 fully saturated rings. The van der Waals surface area contributed by atoms with Gasteiger partial charge >= 0.3 is 0 Å². The first-order chi connectivity index (χ1) is 12.1. The maximum absolute atomic E-state index is 12.1. The fourth-order valence-electron chi connectivity index (χ4n) is 2.30. The number of aromatic nitrogens is 1. The van der Waals surface area contributed by atoms with Crippen molar-refractivity contribution in [2.75, 3.05) is 5.73 Å². The maximum Gasteiger partial charge on any atom is 0.269 e. The molecular formula is C19H16N4O2. The Morgan fingerprint density at radius 2 is 1.36 bits per heavy atom. The van der Waals surface area contributed by atoms with Crippen LogP contribution in [0.2, 0.25) is 0 Å². The molecule has 0 radical (unpaired) electrons. The summed E-state index contributed by atoms with van der Waals surface area (Å²) in [5, 5.41) is 0. The number of nitrogens with one attached hydrogen (secondary N) is 2. The summed E-state index contributed by atoms with van der Waals surface area (Å²) in [5.41, 5.74) is 13.7. The highest BCUT2D eigenvalue weighted by Crippen LogP contribution is 2.18. The summed E-state index contributed by atoms with van der Waals surface area (Å²) in [7, 11) is 0. The van der Waals surface area contributed by atoms with Crippen molar-refractivity contribution in [3.05, 3.63) is 84.2 Å². The molecule has 0 unspecified atom stereocenters. The van der Waals surface area contributed by atoms with E-state index in [-0.39, 0.29) is 0 Å².